The lowest BCUT2D eigenvalue weighted by Crippen LogP contribution is -2.02. The number of ether oxygens (including phenoxy) is 2. The number of benzene rings is 2. The van der Waals surface area contributed by atoms with Gasteiger partial charge in [-0.25, -0.2) is 20.0 Å². The smallest absolute Gasteiger partial charge is 0.160 e. The zero-order valence-electron chi connectivity index (χ0n) is 22.7. The zero-order chi connectivity index (χ0) is 28.8. The van der Waals surface area contributed by atoms with Gasteiger partial charge in [-0.3, -0.25) is 0 Å². The van der Waals surface area contributed by atoms with Crippen LogP contribution in [0.2, 0.25) is 0 Å². The third-order valence-electron chi connectivity index (χ3n) is 7.20. The van der Waals surface area contributed by atoms with E-state index in [4.69, 9.17) is 29.4 Å². The van der Waals surface area contributed by atoms with E-state index in [2.05, 4.69) is 0 Å². The van der Waals surface area contributed by atoms with Crippen LogP contribution in [0, 0.1) is 0 Å². The summed E-state index contributed by atoms with van der Waals surface area (Å²) in [5, 5.41) is 21.3. The van der Waals surface area contributed by atoms with Crippen molar-refractivity contribution in [1.82, 2.24) is 0 Å². The van der Waals surface area contributed by atoms with E-state index >= 15 is 0 Å². The Labute approximate surface area is 241 Å². The van der Waals surface area contributed by atoms with Gasteiger partial charge in [-0.2, -0.15) is 0 Å². The lowest BCUT2D eigenvalue weighted by atomic mass is 9.98. The van der Waals surface area contributed by atoms with Gasteiger partial charge in [-0.15, -0.1) is 0 Å². The van der Waals surface area contributed by atoms with Gasteiger partial charge in [0.1, 0.15) is 0 Å². The SMILES string of the molecule is COc1ccc(C2=C3C=CC(=N3)C=C3C=CC(=N3)C=C3C=CC(=N3)C(c3ccc(OC)c(O)c3)=C3C=CC2=N3)cc1O. The van der Waals surface area contributed by atoms with E-state index in [1.54, 1.807) is 24.3 Å². The highest BCUT2D eigenvalue weighted by molar-refractivity contribution is 6.36. The molecule has 0 aliphatic carbocycles. The van der Waals surface area contributed by atoms with Gasteiger partial charge < -0.3 is 19.7 Å². The van der Waals surface area contributed by atoms with E-state index in [1.165, 1.54) is 14.2 Å². The Morgan fingerprint density at radius 1 is 0.524 bits per heavy atom. The molecule has 42 heavy (non-hydrogen) atoms. The van der Waals surface area contributed by atoms with Crippen LogP contribution in [0.1, 0.15) is 11.1 Å². The minimum Gasteiger partial charge on any atom is -0.504 e. The van der Waals surface area contributed by atoms with Crippen LogP contribution in [-0.4, -0.2) is 47.3 Å². The molecule has 2 aromatic carbocycles. The van der Waals surface area contributed by atoms with Crippen molar-refractivity contribution in [2.75, 3.05) is 14.2 Å². The molecule has 2 aromatic rings. The molecule has 2 N–H and O–H groups in total. The van der Waals surface area contributed by atoms with Gasteiger partial charge in [0.05, 0.1) is 59.9 Å². The minimum atomic E-state index is 0.0130. The molecular weight excluding hydrogens is 528 g/mol. The van der Waals surface area contributed by atoms with E-state index < -0.39 is 0 Å². The highest BCUT2D eigenvalue weighted by Gasteiger charge is 2.24. The number of phenolic OH excluding ortho intramolecular Hbond substituents is 2. The summed E-state index contributed by atoms with van der Waals surface area (Å²) >= 11 is 0. The van der Waals surface area contributed by atoms with E-state index in [0.29, 0.717) is 34.3 Å². The summed E-state index contributed by atoms with van der Waals surface area (Å²) in [4.78, 5) is 19.6. The van der Waals surface area contributed by atoms with E-state index in [9.17, 15) is 10.2 Å². The summed E-state index contributed by atoms with van der Waals surface area (Å²) in [7, 11) is 3.02. The first-order valence-corrected chi connectivity index (χ1v) is 13.2. The van der Waals surface area contributed by atoms with Crippen LogP contribution < -0.4 is 9.47 Å². The lowest BCUT2D eigenvalue weighted by Gasteiger charge is -2.12. The molecule has 5 heterocycles. The van der Waals surface area contributed by atoms with Crippen LogP contribution in [-0.2, 0) is 0 Å². The molecule has 0 radical (unpaired) electrons. The number of rotatable bonds is 4. The molecule has 0 spiro atoms. The predicted molar refractivity (Wildman–Crippen MR) is 166 cm³/mol. The molecule has 5 aliphatic rings. The van der Waals surface area contributed by atoms with Crippen LogP contribution in [0.15, 0.2) is 140 Å². The number of methoxy groups -OCH3 is 2. The summed E-state index contributed by atoms with van der Waals surface area (Å²) in [6.07, 6.45) is 19.3. The Bertz CT molecular complexity index is 1900. The molecule has 8 nitrogen and oxygen atoms in total. The monoisotopic (exact) mass is 552 g/mol. The van der Waals surface area contributed by atoms with Crippen molar-refractivity contribution in [3.63, 3.8) is 0 Å². The van der Waals surface area contributed by atoms with Crippen molar-refractivity contribution in [2.45, 2.75) is 0 Å². The van der Waals surface area contributed by atoms with Crippen LogP contribution in [0.5, 0.6) is 23.0 Å². The van der Waals surface area contributed by atoms with Gasteiger partial charge in [-0.1, -0.05) is 12.1 Å². The summed E-state index contributed by atoms with van der Waals surface area (Å²) in [5.74, 6) is 0.769. The van der Waals surface area contributed by atoms with Gasteiger partial charge in [-0.05, 0) is 96.2 Å². The summed E-state index contributed by atoms with van der Waals surface area (Å²) < 4.78 is 10.6. The van der Waals surface area contributed by atoms with Crippen molar-refractivity contribution >= 4 is 34.0 Å². The molecule has 7 rings (SSSR count). The Morgan fingerprint density at radius 2 is 1.02 bits per heavy atom. The molecule has 0 saturated carbocycles. The van der Waals surface area contributed by atoms with E-state index in [1.807, 2.05) is 72.9 Å². The van der Waals surface area contributed by atoms with Crippen molar-refractivity contribution in [2.24, 2.45) is 20.0 Å². The van der Waals surface area contributed by atoms with Crippen LogP contribution in [0.3, 0.4) is 0 Å². The van der Waals surface area contributed by atoms with Crippen LogP contribution >= 0.6 is 0 Å². The number of aromatic hydroxyl groups is 2. The number of phenols is 2. The van der Waals surface area contributed by atoms with Crippen LogP contribution in [0.25, 0.3) is 11.1 Å². The summed E-state index contributed by atoms with van der Waals surface area (Å²) in [5.41, 5.74) is 8.70. The highest BCUT2D eigenvalue weighted by atomic mass is 16.5. The van der Waals surface area contributed by atoms with Crippen molar-refractivity contribution in [3.8, 4) is 23.0 Å². The predicted octanol–water partition coefficient (Wildman–Crippen LogP) is 6.06. The van der Waals surface area contributed by atoms with Gasteiger partial charge in [0.15, 0.2) is 23.0 Å². The largest absolute Gasteiger partial charge is 0.504 e. The second-order valence-electron chi connectivity index (χ2n) is 9.83. The molecule has 8 bridgehead atoms. The van der Waals surface area contributed by atoms with E-state index in [0.717, 1.165) is 45.1 Å². The number of hydrogen-bond donors (Lipinski definition) is 2. The quantitative estimate of drug-likeness (QED) is 0.481. The zero-order valence-corrected chi connectivity index (χ0v) is 22.7. The first kappa shape index (κ1) is 25.2. The summed E-state index contributed by atoms with van der Waals surface area (Å²) in [6, 6.07) is 10.5. The fourth-order valence-corrected chi connectivity index (χ4v) is 5.24. The molecule has 0 atom stereocenters. The Hall–Kier alpha value is -5.76. The maximum Gasteiger partial charge on any atom is 0.160 e. The number of fused-ring (bicyclic) bond motifs is 4. The maximum absolute atomic E-state index is 10.6. The molecule has 0 amide bonds. The highest BCUT2D eigenvalue weighted by Crippen LogP contribution is 2.38. The standard InChI is InChI=1S/C34H24N4O4/c1-41-31-13-3-19(15-29(31)39)33-25-9-7-23(36-25)17-21-5-6-22(35-21)18-24-8-10-26(37-24)34(28-12-11-27(33)38-28)20-4-14-32(42-2)30(40)16-20/h3-18,39-40H,1-2H3. The third-order valence-corrected chi connectivity index (χ3v) is 7.20. The van der Waals surface area contributed by atoms with E-state index in [-0.39, 0.29) is 11.5 Å². The molecular formula is C34H24N4O4. The van der Waals surface area contributed by atoms with Gasteiger partial charge >= 0.3 is 0 Å². The van der Waals surface area contributed by atoms with Crippen molar-refractivity contribution in [3.05, 3.63) is 131 Å². The fraction of sp³-hybridized carbons (Fsp3) is 0.0588. The van der Waals surface area contributed by atoms with Gasteiger partial charge in [0.25, 0.3) is 0 Å². The maximum atomic E-state index is 10.6. The topological polar surface area (TPSA) is 108 Å². The first-order chi connectivity index (χ1) is 20.5. The van der Waals surface area contributed by atoms with Crippen molar-refractivity contribution in [1.29, 1.82) is 0 Å². The van der Waals surface area contributed by atoms with Crippen molar-refractivity contribution < 1.29 is 19.7 Å². The average Bonchev–Trinajstić information content (AvgIpc) is 3.80. The minimum absolute atomic E-state index is 0.0130. The molecule has 0 saturated heterocycles. The lowest BCUT2D eigenvalue weighted by molar-refractivity contribution is 0.373. The Morgan fingerprint density at radius 3 is 1.67 bits per heavy atom. The van der Waals surface area contributed by atoms with Gasteiger partial charge in [0.2, 0.25) is 0 Å². The normalized spacial score (nSPS) is 18.2. The third kappa shape index (κ3) is 4.45. The molecule has 0 fully saturated rings. The molecule has 0 unspecified atom stereocenters. The first-order valence-electron chi connectivity index (χ1n) is 13.2. The average molecular weight is 553 g/mol. The van der Waals surface area contributed by atoms with Crippen LogP contribution in [0.4, 0.5) is 0 Å². The second-order valence-corrected chi connectivity index (χ2v) is 9.83. The Kier molecular flexibility index (Phi) is 6.01. The number of aliphatic imine (C=N–C) groups is 4. The second kappa shape index (κ2) is 10.0. The molecule has 0 aromatic heterocycles. The van der Waals surface area contributed by atoms with Gasteiger partial charge in [0, 0.05) is 11.1 Å². The fourth-order valence-electron chi connectivity index (χ4n) is 5.24. The summed E-state index contributed by atoms with van der Waals surface area (Å²) in [6.45, 7) is 0. The Balaban J connectivity index is 1.49. The number of allylic oxidation sites excluding steroid dienone is 12. The number of nitrogens with zero attached hydrogens (tertiary/aromatic N) is 4. The molecule has 8 heteroatoms. The molecule has 5 aliphatic heterocycles. The number of hydrogen-bond acceptors (Lipinski definition) is 8. The molecule has 204 valence electrons.